The second-order valence-corrected chi connectivity index (χ2v) is 8.02. The predicted molar refractivity (Wildman–Crippen MR) is 117 cm³/mol. The van der Waals surface area contributed by atoms with Gasteiger partial charge in [0, 0.05) is 23.2 Å². The highest BCUT2D eigenvalue weighted by Crippen LogP contribution is 2.37. The molecule has 0 radical (unpaired) electrons. The number of hydrogen-bond donors (Lipinski definition) is 0. The maximum absolute atomic E-state index is 13.3. The minimum absolute atomic E-state index is 0.0397. The van der Waals surface area contributed by atoms with E-state index in [1.54, 1.807) is 0 Å². The summed E-state index contributed by atoms with van der Waals surface area (Å²) in [5, 5.41) is 9.61. The molecule has 144 valence electrons. The molecule has 1 heterocycles. The lowest BCUT2D eigenvalue weighted by Crippen LogP contribution is -2.11. The summed E-state index contributed by atoms with van der Waals surface area (Å²) >= 11 is 7.39. The van der Waals surface area contributed by atoms with Crippen LogP contribution in [0.15, 0.2) is 90.1 Å². The van der Waals surface area contributed by atoms with Crippen LogP contribution in [-0.4, -0.2) is 20.5 Å². The third kappa shape index (κ3) is 4.26. The SMILES string of the molecule is Cn1c(SC(C(=O)c2ccccc2)c2ccccc2)nnc1-c1ccc(Cl)cc1. The first kappa shape index (κ1) is 19.4. The van der Waals surface area contributed by atoms with Crippen LogP contribution in [0.3, 0.4) is 0 Å². The van der Waals surface area contributed by atoms with Gasteiger partial charge in [0.15, 0.2) is 16.8 Å². The minimum atomic E-state index is -0.417. The van der Waals surface area contributed by atoms with E-state index in [0.717, 1.165) is 17.0 Å². The van der Waals surface area contributed by atoms with Gasteiger partial charge in [-0.15, -0.1) is 10.2 Å². The summed E-state index contributed by atoms with van der Waals surface area (Å²) in [5.41, 5.74) is 2.53. The Balaban J connectivity index is 1.68. The quantitative estimate of drug-likeness (QED) is 0.290. The lowest BCUT2D eigenvalue weighted by Gasteiger charge is -2.15. The van der Waals surface area contributed by atoms with E-state index in [0.29, 0.717) is 15.7 Å². The van der Waals surface area contributed by atoms with E-state index in [2.05, 4.69) is 10.2 Å². The molecule has 0 N–H and O–H groups in total. The minimum Gasteiger partial charge on any atom is -0.305 e. The molecule has 0 saturated carbocycles. The molecule has 1 unspecified atom stereocenters. The van der Waals surface area contributed by atoms with Crippen molar-refractivity contribution < 1.29 is 4.79 Å². The van der Waals surface area contributed by atoms with Gasteiger partial charge in [-0.05, 0) is 29.8 Å². The van der Waals surface area contributed by atoms with E-state index in [1.807, 2.05) is 96.5 Å². The van der Waals surface area contributed by atoms with Gasteiger partial charge in [-0.1, -0.05) is 84.0 Å². The Morgan fingerprint density at radius 1 is 0.897 bits per heavy atom. The van der Waals surface area contributed by atoms with Crippen LogP contribution in [-0.2, 0) is 7.05 Å². The normalized spacial score (nSPS) is 11.9. The molecule has 0 aliphatic heterocycles. The fourth-order valence-electron chi connectivity index (χ4n) is 3.03. The van der Waals surface area contributed by atoms with Crippen LogP contribution in [0.4, 0.5) is 0 Å². The molecule has 4 aromatic rings. The van der Waals surface area contributed by atoms with Gasteiger partial charge in [0.1, 0.15) is 5.25 Å². The lowest BCUT2D eigenvalue weighted by molar-refractivity contribution is 0.0989. The summed E-state index contributed by atoms with van der Waals surface area (Å²) in [5.74, 6) is 0.765. The zero-order valence-electron chi connectivity index (χ0n) is 15.7. The number of Topliss-reactive ketones (excluding diaryl/α,β-unsaturated/α-hetero) is 1. The van der Waals surface area contributed by atoms with Crippen LogP contribution in [0.2, 0.25) is 5.02 Å². The molecule has 0 aliphatic carbocycles. The molecule has 1 aromatic heterocycles. The van der Waals surface area contributed by atoms with Gasteiger partial charge in [0.25, 0.3) is 0 Å². The Labute approximate surface area is 178 Å². The molecule has 1 atom stereocenters. The Hall–Kier alpha value is -2.89. The largest absolute Gasteiger partial charge is 0.305 e. The lowest BCUT2D eigenvalue weighted by atomic mass is 10.0. The summed E-state index contributed by atoms with van der Waals surface area (Å²) in [6.07, 6.45) is 0. The number of hydrogen-bond acceptors (Lipinski definition) is 4. The highest BCUT2D eigenvalue weighted by Gasteiger charge is 2.26. The molecule has 0 fully saturated rings. The molecule has 0 saturated heterocycles. The average molecular weight is 420 g/mol. The second kappa shape index (κ2) is 8.64. The molecular formula is C23H18ClN3OS. The highest BCUT2D eigenvalue weighted by atomic mass is 35.5. The van der Waals surface area contributed by atoms with Crippen molar-refractivity contribution in [3.8, 4) is 11.4 Å². The first-order valence-electron chi connectivity index (χ1n) is 9.09. The number of carbonyl (C=O) groups is 1. The fourth-order valence-corrected chi connectivity index (χ4v) is 4.23. The highest BCUT2D eigenvalue weighted by molar-refractivity contribution is 8.00. The van der Waals surface area contributed by atoms with Crippen molar-refractivity contribution in [2.24, 2.45) is 7.05 Å². The van der Waals surface area contributed by atoms with Gasteiger partial charge < -0.3 is 4.57 Å². The van der Waals surface area contributed by atoms with Crippen molar-refractivity contribution in [2.45, 2.75) is 10.4 Å². The van der Waals surface area contributed by atoms with Crippen LogP contribution >= 0.6 is 23.4 Å². The number of aromatic nitrogens is 3. The van der Waals surface area contributed by atoms with Gasteiger partial charge in [-0.3, -0.25) is 4.79 Å². The van der Waals surface area contributed by atoms with E-state index >= 15 is 0 Å². The van der Waals surface area contributed by atoms with E-state index in [1.165, 1.54) is 11.8 Å². The maximum atomic E-state index is 13.3. The van der Waals surface area contributed by atoms with E-state index in [4.69, 9.17) is 11.6 Å². The van der Waals surface area contributed by atoms with Gasteiger partial charge in [0.05, 0.1) is 0 Å². The zero-order valence-corrected chi connectivity index (χ0v) is 17.3. The molecule has 0 spiro atoms. The van der Waals surface area contributed by atoms with Crippen molar-refractivity contribution in [3.63, 3.8) is 0 Å². The monoisotopic (exact) mass is 419 g/mol. The van der Waals surface area contributed by atoms with Crippen LogP contribution in [0.5, 0.6) is 0 Å². The third-order valence-corrected chi connectivity index (χ3v) is 6.10. The van der Waals surface area contributed by atoms with Gasteiger partial charge in [-0.2, -0.15) is 0 Å². The Kier molecular flexibility index (Phi) is 5.79. The molecule has 6 heteroatoms. The Bertz CT molecular complexity index is 1110. The number of nitrogens with zero attached hydrogens (tertiary/aromatic N) is 3. The second-order valence-electron chi connectivity index (χ2n) is 6.51. The van der Waals surface area contributed by atoms with E-state index in [9.17, 15) is 4.79 Å². The summed E-state index contributed by atoms with van der Waals surface area (Å²) in [6, 6.07) is 26.6. The predicted octanol–water partition coefficient (Wildman–Crippen LogP) is 5.85. The summed E-state index contributed by atoms with van der Waals surface area (Å²) in [6.45, 7) is 0. The van der Waals surface area contributed by atoms with Crippen molar-refractivity contribution in [1.82, 2.24) is 14.8 Å². The van der Waals surface area contributed by atoms with Gasteiger partial charge in [-0.25, -0.2) is 0 Å². The van der Waals surface area contributed by atoms with E-state index < -0.39 is 5.25 Å². The van der Waals surface area contributed by atoms with Crippen LogP contribution in [0.1, 0.15) is 21.2 Å². The van der Waals surface area contributed by atoms with Crippen molar-refractivity contribution in [1.29, 1.82) is 0 Å². The fraction of sp³-hybridized carbons (Fsp3) is 0.0870. The van der Waals surface area contributed by atoms with Crippen LogP contribution in [0, 0.1) is 0 Å². The Morgan fingerprint density at radius 2 is 1.52 bits per heavy atom. The number of thioether (sulfide) groups is 1. The first-order chi connectivity index (χ1) is 14.1. The standard InChI is InChI=1S/C23H18ClN3OS/c1-27-22(18-12-14-19(24)15-13-18)25-26-23(27)29-21(17-10-6-3-7-11-17)20(28)16-8-4-2-5-9-16/h2-15,21H,1H3. The summed E-state index contributed by atoms with van der Waals surface area (Å²) < 4.78 is 1.90. The smallest absolute Gasteiger partial charge is 0.192 e. The third-order valence-electron chi connectivity index (χ3n) is 4.56. The number of rotatable bonds is 6. The number of halogens is 1. The molecule has 0 bridgehead atoms. The van der Waals surface area contributed by atoms with Crippen LogP contribution < -0.4 is 0 Å². The number of carbonyl (C=O) groups excluding carboxylic acids is 1. The molecule has 29 heavy (non-hydrogen) atoms. The molecule has 4 nitrogen and oxygen atoms in total. The maximum Gasteiger partial charge on any atom is 0.192 e. The van der Waals surface area contributed by atoms with Gasteiger partial charge >= 0.3 is 0 Å². The number of benzene rings is 3. The first-order valence-corrected chi connectivity index (χ1v) is 10.4. The Morgan fingerprint density at radius 3 is 2.17 bits per heavy atom. The van der Waals surface area contributed by atoms with Crippen molar-refractivity contribution in [3.05, 3.63) is 101 Å². The van der Waals surface area contributed by atoms with Gasteiger partial charge in [0.2, 0.25) is 0 Å². The van der Waals surface area contributed by atoms with Crippen LogP contribution in [0.25, 0.3) is 11.4 Å². The topological polar surface area (TPSA) is 47.8 Å². The summed E-state index contributed by atoms with van der Waals surface area (Å²) in [4.78, 5) is 13.3. The molecule has 4 rings (SSSR count). The molecular weight excluding hydrogens is 402 g/mol. The summed E-state index contributed by atoms with van der Waals surface area (Å²) in [7, 11) is 1.90. The van der Waals surface area contributed by atoms with E-state index in [-0.39, 0.29) is 5.78 Å². The van der Waals surface area contributed by atoms with Crippen molar-refractivity contribution >= 4 is 29.1 Å². The average Bonchev–Trinajstić information content (AvgIpc) is 3.13. The molecule has 0 aliphatic rings. The zero-order chi connectivity index (χ0) is 20.2. The molecule has 3 aromatic carbocycles. The molecule has 0 amide bonds. The number of ketones is 1. The van der Waals surface area contributed by atoms with Crippen molar-refractivity contribution in [2.75, 3.05) is 0 Å².